The molecule has 8 atom stereocenters. The van der Waals surface area contributed by atoms with Crippen molar-refractivity contribution in [3.05, 3.63) is 83.4 Å². The van der Waals surface area contributed by atoms with Gasteiger partial charge in [-0.2, -0.15) is 0 Å². The molecule has 2 aliphatic heterocycles. The van der Waals surface area contributed by atoms with Crippen LogP contribution in [0.15, 0.2) is 72.3 Å². The van der Waals surface area contributed by atoms with Gasteiger partial charge in [0.05, 0.1) is 17.5 Å². The van der Waals surface area contributed by atoms with Crippen LogP contribution in [-0.2, 0) is 23.7 Å². The Kier molecular flexibility index (Phi) is 6.85. The number of esters is 3. The van der Waals surface area contributed by atoms with Crippen molar-refractivity contribution in [3.63, 3.8) is 0 Å². The average molecular weight is 575 g/mol. The van der Waals surface area contributed by atoms with Crippen molar-refractivity contribution >= 4 is 17.9 Å². The number of allylic oxidation sites excluding steroid dienone is 1. The predicted molar refractivity (Wildman–Crippen MR) is 152 cm³/mol. The average Bonchev–Trinajstić information content (AvgIpc) is 3.34. The first-order valence-electron chi connectivity index (χ1n) is 14.7. The van der Waals surface area contributed by atoms with Crippen molar-refractivity contribution in [1.82, 2.24) is 0 Å². The Morgan fingerprint density at radius 2 is 1.52 bits per heavy atom. The molecule has 8 nitrogen and oxygen atoms in total. The van der Waals surface area contributed by atoms with Crippen molar-refractivity contribution < 1.29 is 38.4 Å². The zero-order chi connectivity index (χ0) is 29.9. The standard InChI is InChI=1S/C34H38O8/c1-21-12-11-17-24-31(21,2)28(41-30(38)23-15-9-6-10-16-23)27(36)33(4)32(24,3)25(18-34(42-33)19-26(35)39-20-34)40-29(37)22-13-7-5-8-14-22/h5-10,12-16,24-25,27-28,36H,11,17-20H2,1-4H3/t24-,25-,27-,28-,31-,32-,33-,34+/m0/s1. The Labute approximate surface area is 246 Å². The molecule has 1 N–H and O–H groups in total. The zero-order valence-electron chi connectivity index (χ0n) is 24.5. The molecule has 222 valence electrons. The number of carbonyl (C=O) groups is 3. The fraction of sp³-hybridized carbons (Fsp3) is 0.500. The summed E-state index contributed by atoms with van der Waals surface area (Å²) in [5, 5.41) is 12.4. The predicted octanol–water partition coefficient (Wildman–Crippen LogP) is 5.05. The molecule has 2 saturated heterocycles. The molecule has 0 amide bonds. The number of hydrogen-bond acceptors (Lipinski definition) is 8. The molecule has 2 aromatic rings. The van der Waals surface area contributed by atoms with E-state index in [0.717, 1.165) is 12.0 Å². The Morgan fingerprint density at radius 3 is 2.10 bits per heavy atom. The van der Waals surface area contributed by atoms with Crippen molar-refractivity contribution in [2.45, 2.75) is 82.9 Å². The molecule has 42 heavy (non-hydrogen) atoms. The van der Waals surface area contributed by atoms with Gasteiger partial charge >= 0.3 is 17.9 Å². The fourth-order valence-electron chi connectivity index (χ4n) is 8.30. The molecule has 8 heteroatoms. The lowest BCUT2D eigenvalue weighted by Crippen LogP contribution is -2.79. The van der Waals surface area contributed by atoms with Gasteiger partial charge in [-0.1, -0.05) is 61.9 Å². The van der Waals surface area contributed by atoms with E-state index in [0.29, 0.717) is 17.5 Å². The number of cyclic esters (lactones) is 1. The lowest BCUT2D eigenvalue weighted by Gasteiger charge is -2.70. The Hall–Kier alpha value is -3.49. The van der Waals surface area contributed by atoms with Crippen LogP contribution in [0.5, 0.6) is 0 Å². The molecule has 2 heterocycles. The topological polar surface area (TPSA) is 108 Å². The van der Waals surface area contributed by atoms with E-state index in [9.17, 15) is 19.5 Å². The molecule has 2 aliphatic carbocycles. The molecule has 0 aromatic heterocycles. The van der Waals surface area contributed by atoms with E-state index in [1.807, 2.05) is 32.9 Å². The van der Waals surface area contributed by atoms with Gasteiger partial charge in [0.15, 0.2) is 0 Å². The highest BCUT2D eigenvalue weighted by Gasteiger charge is 2.76. The molecule has 1 saturated carbocycles. The van der Waals surface area contributed by atoms with Gasteiger partial charge in [0.2, 0.25) is 0 Å². The van der Waals surface area contributed by atoms with Crippen LogP contribution in [0.3, 0.4) is 0 Å². The van der Waals surface area contributed by atoms with E-state index in [1.54, 1.807) is 55.5 Å². The second-order valence-electron chi connectivity index (χ2n) is 12.9. The number of aliphatic hydroxyl groups excluding tert-OH is 1. The molecule has 4 aliphatic rings. The highest BCUT2D eigenvalue weighted by Crippen LogP contribution is 2.68. The Bertz CT molecular complexity index is 1420. The summed E-state index contributed by atoms with van der Waals surface area (Å²) in [6.07, 6.45) is 0.815. The van der Waals surface area contributed by atoms with Crippen molar-refractivity contribution in [1.29, 1.82) is 0 Å². The smallest absolute Gasteiger partial charge is 0.338 e. The fourth-order valence-corrected chi connectivity index (χ4v) is 8.30. The molecule has 3 fully saturated rings. The SMILES string of the molecule is CC1=CCC[C@H]2[C@@]1(C)[C@@H](OC(=O)c1ccccc1)[C@H](O)[C@]1(C)O[C@]3(COC(=O)C3)C[C@H](OC(=O)c3ccccc3)[C@]21C. The molecule has 0 unspecified atom stereocenters. The van der Waals surface area contributed by atoms with Crippen LogP contribution in [0, 0.1) is 16.7 Å². The van der Waals surface area contributed by atoms with Crippen LogP contribution in [-0.4, -0.2) is 59.1 Å². The first-order valence-corrected chi connectivity index (χ1v) is 14.7. The van der Waals surface area contributed by atoms with E-state index in [2.05, 4.69) is 6.08 Å². The first kappa shape index (κ1) is 28.6. The second-order valence-corrected chi connectivity index (χ2v) is 12.9. The first-order chi connectivity index (χ1) is 19.9. The van der Waals surface area contributed by atoms with Gasteiger partial charge in [-0.25, -0.2) is 9.59 Å². The van der Waals surface area contributed by atoms with Crippen molar-refractivity contribution in [2.75, 3.05) is 6.61 Å². The number of fused-ring (bicyclic) bond motifs is 3. The van der Waals surface area contributed by atoms with Gasteiger partial charge in [0, 0.05) is 17.3 Å². The molecular weight excluding hydrogens is 536 g/mol. The summed E-state index contributed by atoms with van der Waals surface area (Å²) in [4.78, 5) is 39.4. The maximum atomic E-state index is 13.5. The zero-order valence-corrected chi connectivity index (χ0v) is 24.5. The van der Waals surface area contributed by atoms with Gasteiger partial charge in [-0.15, -0.1) is 0 Å². The van der Waals surface area contributed by atoms with Crippen molar-refractivity contribution in [3.8, 4) is 0 Å². The minimum atomic E-state index is -1.37. The number of benzene rings is 2. The van der Waals surface area contributed by atoms with Crippen LogP contribution in [0.25, 0.3) is 0 Å². The van der Waals surface area contributed by atoms with E-state index >= 15 is 0 Å². The van der Waals surface area contributed by atoms with Crippen LogP contribution in [0.1, 0.15) is 74.1 Å². The molecule has 0 radical (unpaired) electrons. The van der Waals surface area contributed by atoms with Crippen LogP contribution >= 0.6 is 0 Å². The van der Waals surface area contributed by atoms with Gasteiger partial charge in [0.1, 0.15) is 36.1 Å². The third-order valence-corrected chi connectivity index (χ3v) is 10.8. The molecule has 1 spiro atoms. The van der Waals surface area contributed by atoms with Crippen LogP contribution < -0.4 is 0 Å². The summed E-state index contributed by atoms with van der Waals surface area (Å²) >= 11 is 0. The number of ether oxygens (including phenoxy) is 4. The Balaban J connectivity index is 1.47. The molecule has 0 bridgehead atoms. The monoisotopic (exact) mass is 574 g/mol. The van der Waals surface area contributed by atoms with Crippen LogP contribution in [0.4, 0.5) is 0 Å². The quantitative estimate of drug-likeness (QED) is 0.307. The van der Waals surface area contributed by atoms with Gasteiger partial charge in [-0.3, -0.25) is 4.79 Å². The third kappa shape index (κ3) is 4.14. The third-order valence-electron chi connectivity index (χ3n) is 10.8. The van der Waals surface area contributed by atoms with E-state index in [4.69, 9.17) is 18.9 Å². The molecule has 2 aromatic carbocycles. The second kappa shape index (κ2) is 10.1. The van der Waals surface area contributed by atoms with Crippen molar-refractivity contribution in [2.24, 2.45) is 16.7 Å². The lowest BCUT2D eigenvalue weighted by atomic mass is 9.41. The highest BCUT2D eigenvalue weighted by atomic mass is 16.6. The highest BCUT2D eigenvalue weighted by molar-refractivity contribution is 5.90. The minimum Gasteiger partial charge on any atom is -0.462 e. The largest absolute Gasteiger partial charge is 0.462 e. The van der Waals surface area contributed by atoms with E-state index in [-0.39, 0.29) is 25.4 Å². The van der Waals surface area contributed by atoms with Gasteiger partial charge in [0.25, 0.3) is 0 Å². The summed E-state index contributed by atoms with van der Waals surface area (Å²) in [7, 11) is 0. The maximum Gasteiger partial charge on any atom is 0.338 e. The lowest BCUT2D eigenvalue weighted by molar-refractivity contribution is -0.361. The number of hydrogen-bond donors (Lipinski definition) is 1. The van der Waals surface area contributed by atoms with Crippen LogP contribution in [0.2, 0.25) is 0 Å². The Morgan fingerprint density at radius 1 is 0.929 bits per heavy atom. The maximum absolute atomic E-state index is 13.5. The molecular formula is C34H38O8. The normalized spacial score (nSPS) is 39.0. The van der Waals surface area contributed by atoms with E-state index in [1.165, 1.54) is 0 Å². The van der Waals surface area contributed by atoms with Gasteiger partial charge in [-0.05, 0) is 56.9 Å². The number of aliphatic hydroxyl groups is 1. The summed E-state index contributed by atoms with van der Waals surface area (Å²) in [6, 6.07) is 17.5. The number of rotatable bonds is 4. The van der Waals surface area contributed by atoms with E-state index < -0.39 is 58.3 Å². The summed E-state index contributed by atoms with van der Waals surface area (Å²) in [5.41, 5.74) is -2.39. The summed E-state index contributed by atoms with van der Waals surface area (Å²) in [6.45, 7) is 7.84. The minimum absolute atomic E-state index is 0.0149. The summed E-state index contributed by atoms with van der Waals surface area (Å²) < 4.78 is 24.9. The number of carbonyl (C=O) groups excluding carboxylic acids is 3. The molecule has 6 rings (SSSR count). The van der Waals surface area contributed by atoms with Gasteiger partial charge < -0.3 is 24.1 Å². The summed E-state index contributed by atoms with van der Waals surface area (Å²) in [5.74, 6) is -1.64.